The van der Waals surface area contributed by atoms with Gasteiger partial charge in [-0.15, -0.1) is 0 Å². The van der Waals surface area contributed by atoms with Crippen molar-refractivity contribution in [3.63, 3.8) is 0 Å². The van der Waals surface area contributed by atoms with Crippen molar-refractivity contribution < 1.29 is 4.74 Å². The lowest BCUT2D eigenvalue weighted by Gasteiger charge is -2.14. The Balaban J connectivity index is 1.71. The molecular weight excluding hydrogens is 354 g/mol. The third-order valence-electron chi connectivity index (χ3n) is 3.93. The van der Waals surface area contributed by atoms with Crippen LogP contribution < -0.4 is 20.9 Å². The quantitative estimate of drug-likeness (QED) is 0.435. The average molecular weight is 375 g/mol. The maximum Gasteiger partial charge on any atom is 0.189 e. The summed E-state index contributed by atoms with van der Waals surface area (Å²) in [5.74, 6) is 0.728. The highest BCUT2D eigenvalue weighted by molar-refractivity contribution is 7.80. The molecular formula is C22H21N3OS. The first kappa shape index (κ1) is 18.5. The van der Waals surface area contributed by atoms with Gasteiger partial charge >= 0.3 is 0 Å². The molecule has 5 heteroatoms. The Hall–Kier alpha value is -3.31. The van der Waals surface area contributed by atoms with E-state index in [1.165, 1.54) is 0 Å². The smallest absolute Gasteiger partial charge is 0.189 e. The minimum absolute atomic E-state index is 0.441. The zero-order valence-corrected chi connectivity index (χ0v) is 15.8. The number of ether oxygens (including phenoxy) is 1. The van der Waals surface area contributed by atoms with Crippen molar-refractivity contribution in [2.45, 2.75) is 0 Å². The van der Waals surface area contributed by atoms with Crippen molar-refractivity contribution in [1.82, 2.24) is 10.9 Å². The van der Waals surface area contributed by atoms with Crippen LogP contribution in [-0.2, 0) is 0 Å². The summed E-state index contributed by atoms with van der Waals surface area (Å²) in [6, 6.07) is 28.0. The Morgan fingerprint density at radius 3 is 1.96 bits per heavy atom. The van der Waals surface area contributed by atoms with Gasteiger partial charge in [-0.05, 0) is 35.5 Å². The van der Waals surface area contributed by atoms with Crippen LogP contribution in [0.3, 0.4) is 0 Å². The summed E-state index contributed by atoms with van der Waals surface area (Å²) >= 11 is 5.36. The van der Waals surface area contributed by atoms with Gasteiger partial charge in [-0.1, -0.05) is 72.8 Å². The molecule has 0 spiro atoms. The molecule has 0 fully saturated rings. The van der Waals surface area contributed by atoms with Gasteiger partial charge in [-0.2, -0.15) is 0 Å². The van der Waals surface area contributed by atoms with E-state index in [1.54, 1.807) is 7.11 Å². The molecule has 3 aromatic rings. The molecule has 0 aliphatic heterocycles. The third kappa shape index (κ3) is 5.09. The Morgan fingerprint density at radius 1 is 0.815 bits per heavy atom. The van der Waals surface area contributed by atoms with E-state index in [4.69, 9.17) is 17.0 Å². The fourth-order valence-electron chi connectivity index (χ4n) is 2.64. The zero-order chi connectivity index (χ0) is 18.9. The maximum absolute atomic E-state index is 5.36. The first-order chi connectivity index (χ1) is 13.3. The molecule has 0 heterocycles. The standard InChI is InChI=1S/C22H21N3OS/c1-26-21-15-9-8-14-20(21)24-22(27)25-23-16-19(17-10-4-2-5-11-17)18-12-6-3-7-13-18/h2-16,23H,1H3,(H2,24,25,27). The van der Waals surface area contributed by atoms with Crippen LogP contribution in [0.4, 0.5) is 5.69 Å². The molecule has 0 unspecified atom stereocenters. The highest BCUT2D eigenvalue weighted by Gasteiger charge is 2.05. The number of para-hydroxylation sites is 2. The summed E-state index contributed by atoms with van der Waals surface area (Å²) in [4.78, 5) is 0. The number of nitrogens with one attached hydrogen (secondary N) is 3. The largest absolute Gasteiger partial charge is 0.495 e. The maximum atomic E-state index is 5.36. The average Bonchev–Trinajstić information content (AvgIpc) is 2.73. The number of hydrogen-bond donors (Lipinski definition) is 3. The zero-order valence-electron chi connectivity index (χ0n) is 15.0. The van der Waals surface area contributed by atoms with Gasteiger partial charge in [0.1, 0.15) is 5.75 Å². The minimum atomic E-state index is 0.441. The first-order valence-electron chi connectivity index (χ1n) is 8.54. The molecule has 4 nitrogen and oxygen atoms in total. The molecule has 0 aliphatic rings. The highest BCUT2D eigenvalue weighted by atomic mass is 32.1. The third-order valence-corrected chi connectivity index (χ3v) is 4.13. The normalized spacial score (nSPS) is 9.81. The molecule has 3 rings (SSSR count). The Bertz CT molecular complexity index is 870. The lowest BCUT2D eigenvalue weighted by atomic mass is 9.99. The van der Waals surface area contributed by atoms with E-state index < -0.39 is 0 Å². The molecule has 3 N–H and O–H groups in total. The molecule has 0 radical (unpaired) electrons. The van der Waals surface area contributed by atoms with Gasteiger partial charge in [0, 0.05) is 11.8 Å². The number of methoxy groups -OCH3 is 1. The lowest BCUT2D eigenvalue weighted by Crippen LogP contribution is -2.37. The molecule has 0 aliphatic carbocycles. The molecule has 0 amide bonds. The van der Waals surface area contributed by atoms with Gasteiger partial charge in [-0.25, -0.2) is 0 Å². The van der Waals surface area contributed by atoms with Crippen molar-refractivity contribution >= 4 is 28.6 Å². The van der Waals surface area contributed by atoms with E-state index in [0.717, 1.165) is 28.1 Å². The number of anilines is 1. The number of hydrazine groups is 1. The van der Waals surface area contributed by atoms with Crippen molar-refractivity contribution in [3.8, 4) is 5.75 Å². The second kappa shape index (κ2) is 9.40. The fraction of sp³-hybridized carbons (Fsp3) is 0.0455. The van der Waals surface area contributed by atoms with Crippen molar-refractivity contribution in [1.29, 1.82) is 0 Å². The minimum Gasteiger partial charge on any atom is -0.495 e. The second-order valence-corrected chi connectivity index (χ2v) is 6.12. The summed E-state index contributed by atoms with van der Waals surface area (Å²) in [5.41, 5.74) is 10.2. The highest BCUT2D eigenvalue weighted by Crippen LogP contribution is 2.23. The second-order valence-electron chi connectivity index (χ2n) is 5.71. The van der Waals surface area contributed by atoms with Crippen molar-refractivity contribution in [2.24, 2.45) is 0 Å². The monoisotopic (exact) mass is 375 g/mol. The fourth-order valence-corrected chi connectivity index (χ4v) is 2.81. The van der Waals surface area contributed by atoms with E-state index in [0.29, 0.717) is 5.11 Å². The van der Waals surface area contributed by atoms with Gasteiger partial charge < -0.3 is 15.5 Å². The van der Waals surface area contributed by atoms with Crippen molar-refractivity contribution in [2.75, 3.05) is 12.4 Å². The number of benzene rings is 3. The Kier molecular flexibility index (Phi) is 6.44. The molecule has 0 aromatic heterocycles. The van der Waals surface area contributed by atoms with Crippen LogP contribution in [0.1, 0.15) is 11.1 Å². The molecule has 0 bridgehead atoms. The summed E-state index contributed by atoms with van der Waals surface area (Å²) < 4.78 is 5.32. The van der Waals surface area contributed by atoms with Crippen LogP contribution in [0.15, 0.2) is 91.1 Å². The number of thiocarbonyl (C=S) groups is 1. The van der Waals surface area contributed by atoms with Crippen LogP contribution in [0.5, 0.6) is 5.75 Å². The van der Waals surface area contributed by atoms with E-state index in [1.807, 2.05) is 66.9 Å². The Labute approximate surface area is 164 Å². The van der Waals surface area contributed by atoms with Gasteiger partial charge in [0.2, 0.25) is 0 Å². The van der Waals surface area contributed by atoms with Crippen molar-refractivity contribution in [3.05, 3.63) is 102 Å². The van der Waals surface area contributed by atoms with Gasteiger partial charge in [0.15, 0.2) is 5.11 Å². The van der Waals surface area contributed by atoms with Gasteiger partial charge in [-0.3, -0.25) is 5.43 Å². The predicted octanol–water partition coefficient (Wildman–Crippen LogP) is 4.58. The van der Waals surface area contributed by atoms with Crippen LogP contribution in [0, 0.1) is 0 Å². The summed E-state index contributed by atoms with van der Waals surface area (Å²) in [6.07, 6.45) is 1.90. The molecule has 0 atom stereocenters. The number of hydrogen-bond acceptors (Lipinski definition) is 3. The topological polar surface area (TPSA) is 45.3 Å². The molecule has 3 aromatic carbocycles. The lowest BCUT2D eigenvalue weighted by molar-refractivity contribution is 0.417. The number of rotatable bonds is 6. The first-order valence-corrected chi connectivity index (χ1v) is 8.95. The van der Waals surface area contributed by atoms with E-state index >= 15 is 0 Å². The Morgan fingerprint density at radius 2 is 1.37 bits per heavy atom. The van der Waals surface area contributed by atoms with Gasteiger partial charge in [0.25, 0.3) is 0 Å². The predicted molar refractivity (Wildman–Crippen MR) is 115 cm³/mol. The van der Waals surface area contributed by atoms with E-state index in [9.17, 15) is 0 Å². The SMILES string of the molecule is COc1ccccc1NC(=S)NNC=C(c1ccccc1)c1ccccc1. The van der Waals surface area contributed by atoms with Crippen LogP contribution in [0.25, 0.3) is 5.57 Å². The molecule has 0 saturated heterocycles. The summed E-state index contributed by atoms with van der Waals surface area (Å²) in [7, 11) is 1.63. The molecule has 0 saturated carbocycles. The molecule has 27 heavy (non-hydrogen) atoms. The van der Waals surface area contributed by atoms with E-state index in [-0.39, 0.29) is 0 Å². The van der Waals surface area contributed by atoms with Crippen LogP contribution in [0.2, 0.25) is 0 Å². The van der Waals surface area contributed by atoms with Crippen LogP contribution in [-0.4, -0.2) is 12.2 Å². The summed E-state index contributed by atoms with van der Waals surface area (Å²) in [5, 5.41) is 3.56. The van der Waals surface area contributed by atoms with E-state index in [2.05, 4.69) is 40.4 Å². The van der Waals surface area contributed by atoms with Gasteiger partial charge in [0.05, 0.1) is 12.8 Å². The summed E-state index contributed by atoms with van der Waals surface area (Å²) in [6.45, 7) is 0. The van der Waals surface area contributed by atoms with Crippen LogP contribution >= 0.6 is 12.2 Å². The molecule has 136 valence electrons.